The first-order valence-corrected chi connectivity index (χ1v) is 5.24. The van der Waals surface area contributed by atoms with Crippen LogP contribution in [0.25, 0.3) is 0 Å². The van der Waals surface area contributed by atoms with Crippen molar-refractivity contribution >= 4 is 17.6 Å². The Labute approximate surface area is 105 Å². The van der Waals surface area contributed by atoms with Crippen LogP contribution in [0.3, 0.4) is 0 Å². The number of anilines is 1. The summed E-state index contributed by atoms with van der Waals surface area (Å²) in [5.41, 5.74) is 0.533. The fraction of sp³-hybridized carbons (Fsp3) is 0.333. The van der Waals surface area contributed by atoms with E-state index in [2.05, 4.69) is 9.47 Å². The lowest BCUT2D eigenvalue weighted by atomic mass is 10.2. The van der Waals surface area contributed by atoms with E-state index in [0.29, 0.717) is 5.69 Å². The molecule has 0 fully saturated rings. The van der Waals surface area contributed by atoms with E-state index in [-0.39, 0.29) is 18.8 Å². The van der Waals surface area contributed by atoms with Gasteiger partial charge in [-0.05, 0) is 12.1 Å². The summed E-state index contributed by atoms with van der Waals surface area (Å²) in [6, 6.07) is 6.24. The molecule has 0 heterocycles. The van der Waals surface area contributed by atoms with Crippen molar-refractivity contribution in [2.24, 2.45) is 0 Å². The topological polar surface area (TPSA) is 76.1 Å². The molecule has 0 aromatic heterocycles. The Balaban J connectivity index is 2.88. The van der Waals surface area contributed by atoms with E-state index in [4.69, 9.17) is 0 Å². The summed E-state index contributed by atoms with van der Waals surface area (Å²) in [5.74, 6) is -0.920. The molecule has 1 aromatic carbocycles. The normalized spacial score (nSPS) is 9.67. The minimum atomic E-state index is -0.484. The molecule has 0 amide bonds. The number of hydrogen-bond acceptors (Lipinski definition) is 6. The van der Waals surface area contributed by atoms with Crippen LogP contribution in [0.15, 0.2) is 24.3 Å². The first-order chi connectivity index (χ1) is 8.56. The van der Waals surface area contributed by atoms with Crippen molar-refractivity contribution in [3.05, 3.63) is 24.3 Å². The van der Waals surface area contributed by atoms with Crippen LogP contribution in [0.5, 0.6) is 5.75 Å². The number of rotatable bonds is 5. The van der Waals surface area contributed by atoms with Crippen molar-refractivity contribution in [3.8, 4) is 5.75 Å². The van der Waals surface area contributed by atoms with E-state index < -0.39 is 11.9 Å². The number of benzene rings is 1. The summed E-state index contributed by atoms with van der Waals surface area (Å²) in [6.45, 7) is -0.204. The third-order valence-corrected chi connectivity index (χ3v) is 2.29. The van der Waals surface area contributed by atoms with Gasteiger partial charge in [0.15, 0.2) is 0 Å². The molecule has 6 nitrogen and oxygen atoms in total. The molecule has 98 valence electrons. The van der Waals surface area contributed by atoms with Gasteiger partial charge in [-0.2, -0.15) is 0 Å². The summed E-state index contributed by atoms with van der Waals surface area (Å²) >= 11 is 0. The Morgan fingerprint density at radius 2 is 1.72 bits per heavy atom. The van der Waals surface area contributed by atoms with E-state index >= 15 is 0 Å². The maximum absolute atomic E-state index is 11.3. The molecular formula is C12H15NO5. The first kappa shape index (κ1) is 13.8. The quantitative estimate of drug-likeness (QED) is 0.772. The zero-order chi connectivity index (χ0) is 13.5. The number of carbonyl (C=O) groups is 2. The number of esters is 2. The maximum atomic E-state index is 11.3. The second kappa shape index (κ2) is 6.48. The molecule has 0 unspecified atom stereocenters. The van der Waals surface area contributed by atoms with Gasteiger partial charge in [0, 0.05) is 11.8 Å². The number of nitrogens with zero attached hydrogens (tertiary/aromatic N) is 1. The largest absolute Gasteiger partial charge is 0.508 e. The van der Waals surface area contributed by atoms with Gasteiger partial charge in [0.1, 0.15) is 18.8 Å². The number of ether oxygens (including phenoxy) is 2. The van der Waals surface area contributed by atoms with Gasteiger partial charge in [0.2, 0.25) is 0 Å². The third-order valence-electron chi connectivity index (χ3n) is 2.29. The lowest BCUT2D eigenvalue weighted by Gasteiger charge is -2.22. The number of methoxy groups -OCH3 is 2. The Morgan fingerprint density at radius 1 is 1.17 bits per heavy atom. The molecule has 0 aliphatic rings. The van der Waals surface area contributed by atoms with Crippen molar-refractivity contribution in [1.82, 2.24) is 0 Å². The van der Waals surface area contributed by atoms with Crippen molar-refractivity contribution in [2.45, 2.75) is 0 Å². The maximum Gasteiger partial charge on any atom is 0.325 e. The second-order valence-electron chi connectivity index (χ2n) is 3.53. The molecule has 0 radical (unpaired) electrons. The number of hydrogen-bond donors (Lipinski definition) is 1. The zero-order valence-electron chi connectivity index (χ0n) is 10.3. The van der Waals surface area contributed by atoms with Gasteiger partial charge in [-0.1, -0.05) is 6.07 Å². The van der Waals surface area contributed by atoms with Crippen LogP contribution in [0.1, 0.15) is 0 Å². The fourth-order valence-electron chi connectivity index (χ4n) is 1.37. The SMILES string of the molecule is COC(=O)CN(CC(=O)OC)c1cccc(O)c1. The predicted molar refractivity (Wildman–Crippen MR) is 64.4 cm³/mol. The molecule has 0 atom stereocenters. The summed E-state index contributed by atoms with van der Waals surface area (Å²) < 4.78 is 9.10. The van der Waals surface area contributed by atoms with Crippen molar-refractivity contribution in [1.29, 1.82) is 0 Å². The van der Waals surface area contributed by atoms with Gasteiger partial charge in [-0.3, -0.25) is 9.59 Å². The zero-order valence-corrected chi connectivity index (χ0v) is 10.3. The van der Waals surface area contributed by atoms with Gasteiger partial charge in [-0.15, -0.1) is 0 Å². The van der Waals surface area contributed by atoms with E-state index in [1.807, 2.05) is 0 Å². The molecule has 1 N–H and O–H groups in total. The van der Waals surface area contributed by atoms with Crippen LogP contribution in [0.2, 0.25) is 0 Å². The predicted octanol–water partition coefficient (Wildman–Crippen LogP) is 0.545. The molecule has 0 spiro atoms. The van der Waals surface area contributed by atoms with Crippen LogP contribution in [0.4, 0.5) is 5.69 Å². The molecule has 0 aliphatic carbocycles. The highest BCUT2D eigenvalue weighted by molar-refractivity contribution is 5.81. The lowest BCUT2D eigenvalue weighted by Crippen LogP contribution is -2.35. The van der Waals surface area contributed by atoms with Gasteiger partial charge >= 0.3 is 11.9 Å². The van der Waals surface area contributed by atoms with E-state index in [9.17, 15) is 14.7 Å². The molecule has 0 saturated heterocycles. The van der Waals surface area contributed by atoms with Gasteiger partial charge in [-0.25, -0.2) is 0 Å². The molecule has 0 bridgehead atoms. The minimum Gasteiger partial charge on any atom is -0.508 e. The van der Waals surface area contributed by atoms with Crippen molar-refractivity contribution in [2.75, 3.05) is 32.2 Å². The molecule has 1 aromatic rings. The summed E-state index contributed by atoms with van der Waals surface area (Å²) in [5, 5.41) is 9.39. The molecule has 18 heavy (non-hydrogen) atoms. The van der Waals surface area contributed by atoms with Crippen LogP contribution >= 0.6 is 0 Å². The number of carbonyl (C=O) groups excluding carboxylic acids is 2. The monoisotopic (exact) mass is 253 g/mol. The van der Waals surface area contributed by atoms with E-state index in [1.54, 1.807) is 12.1 Å². The molecule has 1 rings (SSSR count). The highest BCUT2D eigenvalue weighted by Gasteiger charge is 2.16. The van der Waals surface area contributed by atoms with Crippen molar-refractivity contribution < 1.29 is 24.2 Å². The standard InChI is InChI=1S/C12H15NO5/c1-17-11(15)7-13(8-12(16)18-2)9-4-3-5-10(14)6-9/h3-6,14H,7-8H2,1-2H3. The summed E-state index contributed by atoms with van der Waals surface area (Å²) in [6.07, 6.45) is 0. The smallest absolute Gasteiger partial charge is 0.325 e. The average molecular weight is 253 g/mol. The molecule has 6 heteroatoms. The first-order valence-electron chi connectivity index (χ1n) is 5.24. The Hall–Kier alpha value is -2.24. The van der Waals surface area contributed by atoms with Crippen LogP contribution in [0, 0.1) is 0 Å². The fourth-order valence-corrected chi connectivity index (χ4v) is 1.37. The summed E-state index contributed by atoms with van der Waals surface area (Å²) in [7, 11) is 2.53. The van der Waals surface area contributed by atoms with Crippen LogP contribution < -0.4 is 4.90 Å². The highest BCUT2D eigenvalue weighted by atomic mass is 16.5. The number of aromatic hydroxyl groups is 1. The Morgan fingerprint density at radius 3 is 2.17 bits per heavy atom. The van der Waals surface area contributed by atoms with Gasteiger partial charge in [0.25, 0.3) is 0 Å². The Bertz CT molecular complexity index is 414. The van der Waals surface area contributed by atoms with Crippen LogP contribution in [-0.2, 0) is 19.1 Å². The summed E-state index contributed by atoms with van der Waals surface area (Å²) in [4.78, 5) is 24.0. The van der Waals surface area contributed by atoms with Crippen LogP contribution in [-0.4, -0.2) is 44.4 Å². The van der Waals surface area contributed by atoms with Crippen molar-refractivity contribution in [3.63, 3.8) is 0 Å². The van der Waals surface area contributed by atoms with Gasteiger partial charge < -0.3 is 19.5 Å². The minimum absolute atomic E-state index is 0.0484. The molecule has 0 aliphatic heterocycles. The average Bonchev–Trinajstić information content (AvgIpc) is 2.37. The van der Waals surface area contributed by atoms with E-state index in [0.717, 1.165) is 0 Å². The number of phenolic OH excluding ortho intramolecular Hbond substituents is 1. The second-order valence-corrected chi connectivity index (χ2v) is 3.53. The lowest BCUT2D eigenvalue weighted by molar-refractivity contribution is -0.140. The molecule has 0 saturated carbocycles. The number of phenols is 1. The Kier molecular flexibility index (Phi) is 4.98. The van der Waals surface area contributed by atoms with E-state index in [1.165, 1.54) is 31.3 Å². The third kappa shape index (κ3) is 3.97. The highest BCUT2D eigenvalue weighted by Crippen LogP contribution is 2.19. The van der Waals surface area contributed by atoms with Gasteiger partial charge in [0.05, 0.1) is 14.2 Å². The molecular weight excluding hydrogens is 238 g/mol.